The lowest BCUT2D eigenvalue weighted by Crippen LogP contribution is -2.22. The summed E-state index contributed by atoms with van der Waals surface area (Å²) in [6, 6.07) is 5.81. The minimum absolute atomic E-state index is 0.176. The maximum absolute atomic E-state index is 9.60. The molecule has 1 rings (SSSR count). The van der Waals surface area contributed by atoms with Crippen LogP contribution in [0.5, 0.6) is 11.5 Å². The van der Waals surface area contributed by atoms with Crippen LogP contribution in [0.4, 0.5) is 0 Å². The standard InChI is InChI=1S/C16H27NO4/c1-12(2)8-17-9-13-5-6-15(16(7-13)20-4)21-11-14(18)10-19-3/h5-7,12,14,17-18H,8-11H2,1-4H3. The number of hydrogen-bond donors (Lipinski definition) is 2. The predicted octanol–water partition coefficient (Wildman–Crippen LogP) is 1.83. The summed E-state index contributed by atoms with van der Waals surface area (Å²) in [7, 11) is 3.15. The molecule has 0 aliphatic rings. The van der Waals surface area contributed by atoms with Crippen LogP contribution in [-0.4, -0.2) is 45.2 Å². The van der Waals surface area contributed by atoms with E-state index >= 15 is 0 Å². The van der Waals surface area contributed by atoms with Gasteiger partial charge in [-0.1, -0.05) is 19.9 Å². The topological polar surface area (TPSA) is 60.0 Å². The molecule has 0 spiro atoms. The van der Waals surface area contributed by atoms with Gasteiger partial charge in [0.15, 0.2) is 11.5 Å². The van der Waals surface area contributed by atoms with Gasteiger partial charge in [-0.3, -0.25) is 0 Å². The Balaban J connectivity index is 2.57. The van der Waals surface area contributed by atoms with Gasteiger partial charge in [-0.15, -0.1) is 0 Å². The molecule has 0 fully saturated rings. The van der Waals surface area contributed by atoms with Crippen molar-refractivity contribution in [2.24, 2.45) is 5.92 Å². The molecule has 0 heterocycles. The summed E-state index contributed by atoms with van der Waals surface area (Å²) in [4.78, 5) is 0. The van der Waals surface area contributed by atoms with Gasteiger partial charge < -0.3 is 24.6 Å². The number of benzene rings is 1. The molecule has 2 N–H and O–H groups in total. The Morgan fingerprint density at radius 2 is 1.90 bits per heavy atom. The first-order valence-corrected chi connectivity index (χ1v) is 7.24. The van der Waals surface area contributed by atoms with E-state index in [0.717, 1.165) is 18.7 Å². The third kappa shape index (κ3) is 6.80. The lowest BCUT2D eigenvalue weighted by atomic mass is 10.2. The third-order valence-electron chi connectivity index (χ3n) is 2.90. The van der Waals surface area contributed by atoms with E-state index < -0.39 is 6.10 Å². The lowest BCUT2D eigenvalue weighted by Gasteiger charge is -2.15. The van der Waals surface area contributed by atoms with E-state index in [4.69, 9.17) is 14.2 Å². The number of ether oxygens (including phenoxy) is 3. The first kappa shape index (κ1) is 17.8. The van der Waals surface area contributed by atoms with Crippen molar-refractivity contribution in [3.8, 4) is 11.5 Å². The Labute approximate surface area is 127 Å². The molecule has 0 saturated heterocycles. The number of aliphatic hydroxyl groups excluding tert-OH is 1. The second-order valence-corrected chi connectivity index (χ2v) is 5.43. The summed E-state index contributed by atoms with van der Waals surface area (Å²) < 4.78 is 15.8. The number of rotatable bonds is 10. The van der Waals surface area contributed by atoms with Gasteiger partial charge in [0.25, 0.3) is 0 Å². The average Bonchev–Trinajstić information content (AvgIpc) is 2.45. The molecule has 0 aliphatic carbocycles. The molecule has 120 valence electrons. The van der Waals surface area contributed by atoms with Crippen LogP contribution in [0, 0.1) is 5.92 Å². The Morgan fingerprint density at radius 3 is 2.52 bits per heavy atom. The van der Waals surface area contributed by atoms with Gasteiger partial charge in [0.1, 0.15) is 12.7 Å². The van der Waals surface area contributed by atoms with Gasteiger partial charge in [0, 0.05) is 13.7 Å². The molecule has 21 heavy (non-hydrogen) atoms. The highest BCUT2D eigenvalue weighted by molar-refractivity contribution is 5.43. The highest BCUT2D eigenvalue weighted by Crippen LogP contribution is 2.28. The normalized spacial score (nSPS) is 12.5. The molecule has 0 bridgehead atoms. The molecule has 5 nitrogen and oxygen atoms in total. The molecule has 5 heteroatoms. The molecular weight excluding hydrogens is 270 g/mol. The highest BCUT2D eigenvalue weighted by Gasteiger charge is 2.09. The molecule has 1 unspecified atom stereocenters. The van der Waals surface area contributed by atoms with E-state index in [0.29, 0.717) is 17.4 Å². The second kappa shape index (κ2) is 9.60. The monoisotopic (exact) mass is 297 g/mol. The molecule has 0 aromatic heterocycles. The Kier molecular flexibility index (Phi) is 8.12. The fourth-order valence-electron chi connectivity index (χ4n) is 1.87. The van der Waals surface area contributed by atoms with E-state index in [1.807, 2.05) is 18.2 Å². The predicted molar refractivity (Wildman–Crippen MR) is 82.9 cm³/mol. The van der Waals surface area contributed by atoms with Gasteiger partial charge in [-0.25, -0.2) is 0 Å². The van der Waals surface area contributed by atoms with Gasteiger partial charge >= 0.3 is 0 Å². The SMILES string of the molecule is COCC(O)COc1ccc(CNCC(C)C)cc1OC. The van der Waals surface area contributed by atoms with E-state index in [-0.39, 0.29) is 13.2 Å². The number of nitrogens with one attached hydrogen (secondary N) is 1. The summed E-state index contributed by atoms with van der Waals surface area (Å²) in [5, 5.41) is 13.0. The molecule has 1 aromatic rings. The number of methoxy groups -OCH3 is 2. The summed E-state index contributed by atoms with van der Waals surface area (Å²) in [6.07, 6.45) is -0.646. The Bertz CT molecular complexity index is 409. The van der Waals surface area contributed by atoms with E-state index in [1.54, 1.807) is 14.2 Å². The summed E-state index contributed by atoms with van der Waals surface area (Å²) in [5.74, 6) is 1.92. The van der Waals surface area contributed by atoms with Crippen molar-refractivity contribution in [2.45, 2.75) is 26.5 Å². The van der Waals surface area contributed by atoms with Crippen LogP contribution in [0.1, 0.15) is 19.4 Å². The van der Waals surface area contributed by atoms with Crippen molar-refractivity contribution in [3.05, 3.63) is 23.8 Å². The number of aliphatic hydroxyl groups is 1. The Hall–Kier alpha value is -1.30. The molecule has 0 aliphatic heterocycles. The third-order valence-corrected chi connectivity index (χ3v) is 2.90. The van der Waals surface area contributed by atoms with Gasteiger partial charge in [-0.05, 0) is 30.2 Å². The van der Waals surface area contributed by atoms with Crippen molar-refractivity contribution >= 4 is 0 Å². The average molecular weight is 297 g/mol. The number of hydrogen-bond acceptors (Lipinski definition) is 5. The van der Waals surface area contributed by atoms with Crippen molar-refractivity contribution in [3.63, 3.8) is 0 Å². The summed E-state index contributed by atoms with van der Waals surface area (Å²) in [5.41, 5.74) is 1.14. The fourth-order valence-corrected chi connectivity index (χ4v) is 1.87. The van der Waals surface area contributed by atoms with Gasteiger partial charge in [0.05, 0.1) is 13.7 Å². The van der Waals surface area contributed by atoms with Crippen LogP contribution >= 0.6 is 0 Å². The van der Waals surface area contributed by atoms with Crippen molar-refractivity contribution in [2.75, 3.05) is 34.0 Å². The van der Waals surface area contributed by atoms with Crippen molar-refractivity contribution in [1.82, 2.24) is 5.32 Å². The fraction of sp³-hybridized carbons (Fsp3) is 0.625. The van der Waals surface area contributed by atoms with Gasteiger partial charge in [0.2, 0.25) is 0 Å². The van der Waals surface area contributed by atoms with Crippen molar-refractivity contribution in [1.29, 1.82) is 0 Å². The smallest absolute Gasteiger partial charge is 0.161 e. The van der Waals surface area contributed by atoms with Crippen LogP contribution in [-0.2, 0) is 11.3 Å². The quantitative estimate of drug-likeness (QED) is 0.690. The molecule has 1 aromatic carbocycles. The first-order chi connectivity index (χ1) is 10.1. The molecule has 0 amide bonds. The van der Waals surface area contributed by atoms with Crippen LogP contribution in [0.3, 0.4) is 0 Å². The molecular formula is C16H27NO4. The second-order valence-electron chi connectivity index (χ2n) is 5.43. The highest BCUT2D eigenvalue weighted by atomic mass is 16.5. The summed E-state index contributed by atoms with van der Waals surface area (Å²) in [6.45, 7) is 6.55. The molecule has 1 atom stereocenters. The van der Waals surface area contributed by atoms with E-state index in [2.05, 4.69) is 19.2 Å². The summed E-state index contributed by atoms with van der Waals surface area (Å²) >= 11 is 0. The van der Waals surface area contributed by atoms with E-state index in [9.17, 15) is 5.11 Å². The van der Waals surface area contributed by atoms with Crippen LogP contribution < -0.4 is 14.8 Å². The minimum atomic E-state index is -0.646. The Morgan fingerprint density at radius 1 is 1.14 bits per heavy atom. The zero-order valence-electron chi connectivity index (χ0n) is 13.4. The largest absolute Gasteiger partial charge is 0.493 e. The van der Waals surface area contributed by atoms with E-state index in [1.165, 1.54) is 0 Å². The molecule has 0 radical (unpaired) electrons. The zero-order valence-corrected chi connectivity index (χ0v) is 13.4. The maximum Gasteiger partial charge on any atom is 0.161 e. The van der Waals surface area contributed by atoms with Crippen LogP contribution in [0.25, 0.3) is 0 Å². The molecule has 0 saturated carbocycles. The van der Waals surface area contributed by atoms with Crippen LogP contribution in [0.15, 0.2) is 18.2 Å². The zero-order chi connectivity index (χ0) is 15.7. The van der Waals surface area contributed by atoms with Crippen molar-refractivity contribution < 1.29 is 19.3 Å². The minimum Gasteiger partial charge on any atom is -0.493 e. The first-order valence-electron chi connectivity index (χ1n) is 7.24. The lowest BCUT2D eigenvalue weighted by molar-refractivity contribution is 0.0319. The van der Waals surface area contributed by atoms with Crippen LogP contribution in [0.2, 0.25) is 0 Å². The van der Waals surface area contributed by atoms with Gasteiger partial charge in [-0.2, -0.15) is 0 Å². The maximum atomic E-state index is 9.60.